The summed E-state index contributed by atoms with van der Waals surface area (Å²) in [7, 11) is 0. The largest absolute Gasteiger partial charge is 0.487 e. The Morgan fingerprint density at radius 2 is 1.96 bits per heavy atom. The van der Waals surface area contributed by atoms with Crippen molar-refractivity contribution in [3.8, 4) is 5.75 Å². The van der Waals surface area contributed by atoms with Crippen LogP contribution in [0, 0.1) is 0 Å². The number of anilines is 1. The lowest BCUT2D eigenvalue weighted by atomic mass is 9.73. The summed E-state index contributed by atoms with van der Waals surface area (Å²) in [5.41, 5.74) is 3.51. The van der Waals surface area contributed by atoms with Crippen LogP contribution in [0.1, 0.15) is 62.6 Å². The van der Waals surface area contributed by atoms with Crippen molar-refractivity contribution in [2.24, 2.45) is 0 Å². The molecule has 5 rings (SSSR count). The number of rotatable bonds is 3. The summed E-state index contributed by atoms with van der Waals surface area (Å²) < 4.78 is 6.39. The number of hydrogen-bond donors (Lipinski definition) is 1. The van der Waals surface area contributed by atoms with E-state index in [0.29, 0.717) is 5.92 Å². The predicted molar refractivity (Wildman–Crippen MR) is 108 cm³/mol. The highest BCUT2D eigenvalue weighted by atomic mass is 16.5. The molecular weight excluding hydrogens is 334 g/mol. The first kappa shape index (κ1) is 16.5. The molecule has 1 aliphatic carbocycles. The molecule has 0 saturated heterocycles. The summed E-state index contributed by atoms with van der Waals surface area (Å²) in [4.78, 5) is 9.06. The molecule has 1 unspecified atom stereocenters. The van der Waals surface area contributed by atoms with Crippen molar-refractivity contribution in [1.82, 2.24) is 9.97 Å². The normalized spacial score (nSPS) is 20.2. The summed E-state index contributed by atoms with van der Waals surface area (Å²) in [5.74, 6) is 2.41. The van der Waals surface area contributed by atoms with Gasteiger partial charge < -0.3 is 10.1 Å². The Balaban J connectivity index is 1.55. The van der Waals surface area contributed by atoms with Crippen LogP contribution in [0.15, 0.2) is 48.8 Å². The van der Waals surface area contributed by atoms with Crippen LogP contribution >= 0.6 is 0 Å². The highest BCUT2D eigenvalue weighted by Gasteiger charge is 2.45. The quantitative estimate of drug-likeness (QED) is 0.660. The molecule has 2 heterocycles. The number of benzene rings is 2. The number of nitrogens with zero attached hydrogens (tertiary/aromatic N) is 2. The van der Waals surface area contributed by atoms with E-state index in [9.17, 15) is 0 Å². The minimum atomic E-state index is -0.00204. The molecule has 0 amide bonds. The fraction of sp³-hybridized carbons (Fsp3) is 0.391. The van der Waals surface area contributed by atoms with Gasteiger partial charge in [0.05, 0.1) is 11.6 Å². The maximum Gasteiger partial charge on any atom is 0.137 e. The second-order valence-electron chi connectivity index (χ2n) is 8.23. The third-order valence-electron chi connectivity index (χ3n) is 6.10. The van der Waals surface area contributed by atoms with E-state index in [1.807, 2.05) is 0 Å². The van der Waals surface area contributed by atoms with E-state index in [2.05, 4.69) is 71.6 Å². The van der Waals surface area contributed by atoms with Gasteiger partial charge in [-0.05, 0) is 48.9 Å². The van der Waals surface area contributed by atoms with Crippen LogP contribution < -0.4 is 10.1 Å². The number of fused-ring (bicyclic) bond motifs is 2. The summed E-state index contributed by atoms with van der Waals surface area (Å²) in [6, 6.07) is 15.1. The van der Waals surface area contributed by atoms with Gasteiger partial charge in [-0.15, -0.1) is 0 Å². The van der Waals surface area contributed by atoms with Crippen LogP contribution in [-0.4, -0.2) is 15.6 Å². The zero-order valence-corrected chi connectivity index (χ0v) is 15.9. The van der Waals surface area contributed by atoms with E-state index in [-0.39, 0.29) is 11.6 Å². The van der Waals surface area contributed by atoms with Crippen molar-refractivity contribution in [2.75, 3.05) is 5.32 Å². The van der Waals surface area contributed by atoms with Crippen molar-refractivity contribution in [3.05, 3.63) is 59.9 Å². The van der Waals surface area contributed by atoms with Crippen molar-refractivity contribution in [3.63, 3.8) is 0 Å². The monoisotopic (exact) mass is 359 g/mol. The molecule has 27 heavy (non-hydrogen) atoms. The zero-order valence-electron chi connectivity index (χ0n) is 15.9. The van der Waals surface area contributed by atoms with Gasteiger partial charge in [0.25, 0.3) is 0 Å². The van der Waals surface area contributed by atoms with Crippen molar-refractivity contribution in [1.29, 1.82) is 0 Å². The second kappa shape index (κ2) is 6.22. The minimum absolute atomic E-state index is 0.00204. The van der Waals surface area contributed by atoms with Gasteiger partial charge in [-0.2, -0.15) is 0 Å². The van der Waals surface area contributed by atoms with Crippen molar-refractivity contribution >= 4 is 16.7 Å². The molecule has 2 aliphatic rings. The van der Waals surface area contributed by atoms with Crippen LogP contribution in [0.5, 0.6) is 5.75 Å². The molecule has 2 aromatic carbocycles. The van der Waals surface area contributed by atoms with E-state index in [0.717, 1.165) is 41.7 Å². The average Bonchev–Trinajstić information content (AvgIpc) is 2.66. The molecule has 1 fully saturated rings. The van der Waals surface area contributed by atoms with Crippen LogP contribution in [0.2, 0.25) is 0 Å². The van der Waals surface area contributed by atoms with Gasteiger partial charge in [0, 0.05) is 17.4 Å². The van der Waals surface area contributed by atoms with Gasteiger partial charge >= 0.3 is 0 Å². The predicted octanol–water partition coefficient (Wildman–Crippen LogP) is 5.61. The van der Waals surface area contributed by atoms with Gasteiger partial charge in [0.1, 0.15) is 23.5 Å². The summed E-state index contributed by atoms with van der Waals surface area (Å²) in [6.07, 6.45) is 6.18. The molecule has 1 spiro atoms. The lowest BCUT2D eigenvalue weighted by Crippen LogP contribution is -2.48. The first-order valence-electron chi connectivity index (χ1n) is 9.93. The maximum atomic E-state index is 6.39. The molecule has 3 aromatic rings. The first-order valence-corrected chi connectivity index (χ1v) is 9.93. The van der Waals surface area contributed by atoms with Gasteiger partial charge in [-0.1, -0.05) is 38.1 Å². The molecule has 1 atom stereocenters. The van der Waals surface area contributed by atoms with Gasteiger partial charge in [0.2, 0.25) is 0 Å². The van der Waals surface area contributed by atoms with E-state index < -0.39 is 0 Å². The minimum Gasteiger partial charge on any atom is -0.487 e. The van der Waals surface area contributed by atoms with Crippen molar-refractivity contribution < 1.29 is 4.74 Å². The Morgan fingerprint density at radius 1 is 1.11 bits per heavy atom. The second-order valence-corrected chi connectivity index (χ2v) is 8.23. The number of para-hydroxylation sites is 1. The SMILES string of the molecule is CC(C)c1ccc2ncnc(NC3CC4(CCC4)Oc4ccccc43)c2c1. The Hall–Kier alpha value is -2.62. The first-order chi connectivity index (χ1) is 13.1. The average molecular weight is 359 g/mol. The maximum absolute atomic E-state index is 6.39. The Bertz CT molecular complexity index is 994. The standard InChI is InChI=1S/C23H25N3O/c1-15(2)16-8-9-19-18(12-16)22(25-14-24-19)26-20-13-23(10-5-11-23)27-21-7-4-3-6-17(20)21/h3-4,6-9,12,14-15,20H,5,10-11,13H2,1-2H3,(H,24,25,26). The van der Waals surface area contributed by atoms with Crippen LogP contribution in [0.3, 0.4) is 0 Å². The Morgan fingerprint density at radius 3 is 2.74 bits per heavy atom. The number of aromatic nitrogens is 2. The molecule has 1 aromatic heterocycles. The fourth-order valence-electron chi connectivity index (χ4n) is 4.34. The van der Waals surface area contributed by atoms with Crippen LogP contribution in [-0.2, 0) is 0 Å². The Labute approximate surface area is 160 Å². The topological polar surface area (TPSA) is 47.0 Å². The molecular formula is C23H25N3O. The molecule has 1 aliphatic heterocycles. The highest BCUT2D eigenvalue weighted by molar-refractivity contribution is 5.89. The fourth-order valence-corrected chi connectivity index (χ4v) is 4.34. The Kier molecular flexibility index (Phi) is 3.81. The van der Waals surface area contributed by atoms with E-state index in [4.69, 9.17) is 4.74 Å². The van der Waals surface area contributed by atoms with Gasteiger partial charge in [-0.3, -0.25) is 0 Å². The smallest absolute Gasteiger partial charge is 0.137 e. The molecule has 4 nitrogen and oxygen atoms in total. The zero-order chi connectivity index (χ0) is 18.4. The number of hydrogen-bond acceptors (Lipinski definition) is 4. The number of nitrogens with one attached hydrogen (secondary N) is 1. The molecule has 1 N–H and O–H groups in total. The number of ether oxygens (including phenoxy) is 1. The summed E-state index contributed by atoms with van der Waals surface area (Å²) in [5, 5.41) is 4.83. The van der Waals surface area contributed by atoms with E-state index in [1.165, 1.54) is 17.5 Å². The summed E-state index contributed by atoms with van der Waals surface area (Å²) in [6.45, 7) is 4.43. The van der Waals surface area contributed by atoms with Crippen LogP contribution in [0.4, 0.5) is 5.82 Å². The van der Waals surface area contributed by atoms with Crippen LogP contribution in [0.25, 0.3) is 10.9 Å². The lowest BCUT2D eigenvalue weighted by molar-refractivity contribution is -0.0309. The van der Waals surface area contributed by atoms with Gasteiger partial charge in [-0.25, -0.2) is 9.97 Å². The van der Waals surface area contributed by atoms with E-state index >= 15 is 0 Å². The summed E-state index contributed by atoms with van der Waals surface area (Å²) >= 11 is 0. The lowest BCUT2D eigenvalue weighted by Gasteiger charge is -2.48. The molecule has 1 saturated carbocycles. The van der Waals surface area contributed by atoms with E-state index in [1.54, 1.807) is 6.33 Å². The van der Waals surface area contributed by atoms with Crippen molar-refractivity contribution in [2.45, 2.75) is 57.1 Å². The highest BCUT2D eigenvalue weighted by Crippen LogP contribution is 2.49. The molecule has 0 radical (unpaired) electrons. The third-order valence-corrected chi connectivity index (χ3v) is 6.10. The molecule has 4 heteroatoms. The molecule has 138 valence electrons. The third kappa shape index (κ3) is 2.84. The van der Waals surface area contributed by atoms with Gasteiger partial charge in [0.15, 0.2) is 0 Å². The molecule has 0 bridgehead atoms.